The summed E-state index contributed by atoms with van der Waals surface area (Å²) in [7, 11) is 1.60. The third kappa shape index (κ3) is 2.20. The minimum atomic E-state index is 0.244. The van der Waals surface area contributed by atoms with E-state index in [2.05, 4.69) is 6.07 Å². The molecule has 0 heterocycles. The van der Waals surface area contributed by atoms with Gasteiger partial charge < -0.3 is 9.47 Å². The fourth-order valence-corrected chi connectivity index (χ4v) is 1.60. The van der Waals surface area contributed by atoms with Crippen LogP contribution in [0.2, 0.25) is 5.02 Å². The Hall–Kier alpha value is -0.730. The Morgan fingerprint density at radius 3 is 2.86 bits per heavy atom. The predicted octanol–water partition coefficient (Wildman–Crippen LogP) is 3.20. The highest BCUT2D eigenvalue weighted by molar-refractivity contribution is 6.32. The van der Waals surface area contributed by atoms with Crippen molar-refractivity contribution in [2.45, 2.75) is 18.8 Å². The molecule has 0 N–H and O–H groups in total. The van der Waals surface area contributed by atoms with E-state index in [0.717, 1.165) is 11.7 Å². The highest BCUT2D eigenvalue weighted by Gasteiger charge is 2.24. The summed E-state index contributed by atoms with van der Waals surface area (Å²) in [4.78, 5) is 0. The molecule has 1 aliphatic rings. The van der Waals surface area contributed by atoms with Crippen molar-refractivity contribution in [1.82, 2.24) is 0 Å². The molecule has 2 rings (SSSR count). The second kappa shape index (κ2) is 4.20. The molecule has 0 amide bonds. The maximum Gasteiger partial charge on any atom is 0.188 e. The van der Waals surface area contributed by atoms with Crippen molar-refractivity contribution in [2.75, 3.05) is 13.9 Å². The lowest BCUT2D eigenvalue weighted by molar-refractivity contribution is 0.0511. The van der Waals surface area contributed by atoms with Crippen LogP contribution < -0.4 is 4.74 Å². The van der Waals surface area contributed by atoms with Gasteiger partial charge in [0.1, 0.15) is 5.75 Å². The monoisotopic (exact) mass is 212 g/mol. The fourth-order valence-electron chi connectivity index (χ4n) is 1.42. The zero-order chi connectivity index (χ0) is 9.97. The van der Waals surface area contributed by atoms with Gasteiger partial charge in [-0.2, -0.15) is 0 Å². The van der Waals surface area contributed by atoms with Crippen LogP contribution in [-0.4, -0.2) is 13.9 Å². The van der Waals surface area contributed by atoms with Gasteiger partial charge in [-0.15, -0.1) is 0 Å². The van der Waals surface area contributed by atoms with Crippen LogP contribution in [0, 0.1) is 0 Å². The molecule has 0 aliphatic heterocycles. The minimum absolute atomic E-state index is 0.244. The van der Waals surface area contributed by atoms with Gasteiger partial charge in [0, 0.05) is 7.11 Å². The molecule has 2 nitrogen and oxygen atoms in total. The first-order valence-electron chi connectivity index (χ1n) is 4.72. The van der Waals surface area contributed by atoms with Crippen LogP contribution in [0.3, 0.4) is 0 Å². The topological polar surface area (TPSA) is 18.5 Å². The lowest BCUT2D eigenvalue weighted by Crippen LogP contribution is -1.99. The van der Waals surface area contributed by atoms with E-state index in [1.165, 1.54) is 18.4 Å². The van der Waals surface area contributed by atoms with E-state index in [1.807, 2.05) is 12.1 Å². The summed E-state index contributed by atoms with van der Waals surface area (Å²) >= 11 is 5.98. The Morgan fingerprint density at radius 2 is 2.21 bits per heavy atom. The summed E-state index contributed by atoms with van der Waals surface area (Å²) < 4.78 is 10.2. The molecule has 0 unspecified atom stereocenters. The standard InChI is InChI=1S/C11H13ClO2/c1-13-7-14-11-6-9(8-2-3-8)4-5-10(11)12/h4-6,8H,2-3,7H2,1H3. The lowest BCUT2D eigenvalue weighted by Gasteiger charge is -2.08. The van der Waals surface area contributed by atoms with Crippen LogP contribution in [-0.2, 0) is 4.74 Å². The summed E-state index contributed by atoms with van der Waals surface area (Å²) in [5.74, 6) is 1.44. The fraction of sp³-hybridized carbons (Fsp3) is 0.455. The molecule has 0 aromatic heterocycles. The van der Waals surface area contributed by atoms with Gasteiger partial charge >= 0.3 is 0 Å². The van der Waals surface area contributed by atoms with E-state index in [9.17, 15) is 0 Å². The zero-order valence-corrected chi connectivity index (χ0v) is 8.88. The average Bonchev–Trinajstić information content (AvgIpc) is 3.00. The molecule has 1 aromatic rings. The van der Waals surface area contributed by atoms with Crippen molar-refractivity contribution in [2.24, 2.45) is 0 Å². The van der Waals surface area contributed by atoms with Crippen molar-refractivity contribution < 1.29 is 9.47 Å². The SMILES string of the molecule is COCOc1cc(C2CC2)ccc1Cl. The molecule has 0 saturated heterocycles. The molecule has 1 aromatic carbocycles. The quantitative estimate of drug-likeness (QED) is 0.714. The third-order valence-corrected chi connectivity index (χ3v) is 2.65. The van der Waals surface area contributed by atoms with Crippen LogP contribution in [0.15, 0.2) is 18.2 Å². The molecule has 0 radical (unpaired) electrons. The summed E-state index contributed by atoms with van der Waals surface area (Å²) in [5.41, 5.74) is 1.32. The Labute approximate surface area is 88.8 Å². The largest absolute Gasteiger partial charge is 0.466 e. The van der Waals surface area contributed by atoms with Crippen LogP contribution in [0.1, 0.15) is 24.3 Å². The summed E-state index contributed by atoms with van der Waals surface area (Å²) in [6.07, 6.45) is 2.57. The van der Waals surface area contributed by atoms with E-state index in [0.29, 0.717) is 5.02 Å². The van der Waals surface area contributed by atoms with Crippen LogP contribution >= 0.6 is 11.6 Å². The smallest absolute Gasteiger partial charge is 0.188 e. The number of benzene rings is 1. The summed E-state index contributed by atoms with van der Waals surface area (Å²) in [6.45, 7) is 0.244. The molecule has 1 fully saturated rings. The van der Waals surface area contributed by atoms with Crippen LogP contribution in [0.25, 0.3) is 0 Å². The number of hydrogen-bond acceptors (Lipinski definition) is 2. The molecule has 0 bridgehead atoms. The second-order valence-electron chi connectivity index (χ2n) is 3.51. The zero-order valence-electron chi connectivity index (χ0n) is 8.13. The van der Waals surface area contributed by atoms with Crippen LogP contribution in [0.5, 0.6) is 5.75 Å². The maximum atomic E-state index is 5.98. The van der Waals surface area contributed by atoms with Crippen molar-refractivity contribution in [3.05, 3.63) is 28.8 Å². The molecule has 1 saturated carbocycles. The minimum Gasteiger partial charge on any atom is -0.466 e. The summed E-state index contributed by atoms with van der Waals surface area (Å²) in [5, 5.41) is 0.645. The van der Waals surface area contributed by atoms with Gasteiger partial charge in [0.25, 0.3) is 0 Å². The van der Waals surface area contributed by atoms with Gasteiger partial charge in [-0.25, -0.2) is 0 Å². The van der Waals surface area contributed by atoms with Crippen LogP contribution in [0.4, 0.5) is 0 Å². The normalized spacial score (nSPS) is 15.6. The highest BCUT2D eigenvalue weighted by atomic mass is 35.5. The Kier molecular flexibility index (Phi) is 2.94. The Balaban J connectivity index is 2.14. The molecule has 76 valence electrons. The van der Waals surface area contributed by atoms with Crippen molar-refractivity contribution in [3.63, 3.8) is 0 Å². The first-order valence-corrected chi connectivity index (χ1v) is 5.10. The maximum absolute atomic E-state index is 5.98. The Morgan fingerprint density at radius 1 is 1.43 bits per heavy atom. The van der Waals surface area contributed by atoms with E-state index >= 15 is 0 Å². The van der Waals surface area contributed by atoms with E-state index < -0.39 is 0 Å². The molecule has 1 aliphatic carbocycles. The Bertz CT molecular complexity index is 321. The number of ether oxygens (including phenoxy) is 2. The number of rotatable bonds is 4. The number of halogens is 1. The van der Waals surface area contributed by atoms with Gasteiger partial charge in [0.05, 0.1) is 5.02 Å². The lowest BCUT2D eigenvalue weighted by atomic mass is 10.1. The average molecular weight is 213 g/mol. The molecule has 0 spiro atoms. The molecule has 3 heteroatoms. The van der Waals surface area contributed by atoms with Gasteiger partial charge in [-0.1, -0.05) is 17.7 Å². The van der Waals surface area contributed by atoms with E-state index in [4.69, 9.17) is 21.1 Å². The van der Waals surface area contributed by atoms with Crippen molar-refractivity contribution in [1.29, 1.82) is 0 Å². The van der Waals surface area contributed by atoms with E-state index in [-0.39, 0.29) is 6.79 Å². The predicted molar refractivity (Wildman–Crippen MR) is 55.9 cm³/mol. The van der Waals surface area contributed by atoms with Gasteiger partial charge in [-0.3, -0.25) is 0 Å². The first-order chi connectivity index (χ1) is 6.81. The second-order valence-corrected chi connectivity index (χ2v) is 3.92. The molecule has 0 atom stereocenters. The number of hydrogen-bond donors (Lipinski definition) is 0. The van der Waals surface area contributed by atoms with Crippen molar-refractivity contribution in [3.8, 4) is 5.75 Å². The molecule has 14 heavy (non-hydrogen) atoms. The van der Waals surface area contributed by atoms with Gasteiger partial charge in [-0.05, 0) is 36.5 Å². The summed E-state index contributed by atoms with van der Waals surface area (Å²) in [6, 6.07) is 5.97. The molecular weight excluding hydrogens is 200 g/mol. The first kappa shape index (κ1) is 9.81. The van der Waals surface area contributed by atoms with Gasteiger partial charge in [0.15, 0.2) is 6.79 Å². The third-order valence-electron chi connectivity index (χ3n) is 2.34. The van der Waals surface area contributed by atoms with E-state index in [1.54, 1.807) is 7.11 Å². The number of methoxy groups -OCH3 is 1. The highest BCUT2D eigenvalue weighted by Crippen LogP contribution is 2.42. The molecular formula is C11H13ClO2. The van der Waals surface area contributed by atoms with Crippen molar-refractivity contribution >= 4 is 11.6 Å². The van der Waals surface area contributed by atoms with Gasteiger partial charge in [0.2, 0.25) is 0 Å².